The van der Waals surface area contributed by atoms with Crippen LogP contribution in [0.2, 0.25) is 0 Å². The summed E-state index contributed by atoms with van der Waals surface area (Å²) in [6.45, 7) is 8.41. The van der Waals surface area contributed by atoms with Crippen LogP contribution in [0.15, 0.2) is 27.4 Å². The zero-order chi connectivity index (χ0) is 14.2. The van der Waals surface area contributed by atoms with E-state index in [-0.39, 0.29) is 5.41 Å². The maximum absolute atomic E-state index is 5.93. The molecule has 4 heteroatoms. The zero-order valence-corrected chi connectivity index (χ0v) is 13.2. The van der Waals surface area contributed by atoms with Crippen molar-refractivity contribution < 1.29 is 4.42 Å². The van der Waals surface area contributed by atoms with Crippen molar-refractivity contribution in [2.24, 2.45) is 0 Å². The van der Waals surface area contributed by atoms with Crippen LogP contribution in [0.3, 0.4) is 0 Å². The smallest absolute Gasteiger partial charge is 0.208 e. The van der Waals surface area contributed by atoms with Crippen molar-refractivity contribution in [2.75, 3.05) is 6.54 Å². The van der Waals surface area contributed by atoms with E-state index in [0.717, 1.165) is 24.7 Å². The van der Waals surface area contributed by atoms with Gasteiger partial charge in [0.05, 0.1) is 12.7 Å². The van der Waals surface area contributed by atoms with Gasteiger partial charge in [0.2, 0.25) is 5.89 Å². The molecule has 0 spiro atoms. The first-order chi connectivity index (χ1) is 9.54. The van der Waals surface area contributed by atoms with E-state index in [1.807, 2.05) is 6.20 Å². The summed E-state index contributed by atoms with van der Waals surface area (Å²) in [5, 5.41) is 4.42. The Balaban J connectivity index is 1.72. The number of hydrogen-bond donors (Lipinski definition) is 0. The molecule has 2 aromatic rings. The van der Waals surface area contributed by atoms with Gasteiger partial charge in [-0.1, -0.05) is 20.8 Å². The number of hydrogen-bond acceptors (Lipinski definition) is 4. The van der Waals surface area contributed by atoms with Crippen LogP contribution in [0, 0.1) is 0 Å². The molecule has 3 rings (SSSR count). The Bertz CT molecular complexity index is 553. The van der Waals surface area contributed by atoms with Crippen LogP contribution < -0.4 is 0 Å². The van der Waals surface area contributed by atoms with Crippen molar-refractivity contribution >= 4 is 11.3 Å². The maximum Gasteiger partial charge on any atom is 0.208 e. The van der Waals surface area contributed by atoms with E-state index in [9.17, 15) is 0 Å². The lowest BCUT2D eigenvalue weighted by Crippen LogP contribution is -2.22. The number of thiophene rings is 1. The third-order valence-corrected chi connectivity index (χ3v) is 4.62. The van der Waals surface area contributed by atoms with Gasteiger partial charge in [-0.15, -0.1) is 0 Å². The molecule has 1 aliphatic rings. The average molecular weight is 290 g/mol. The predicted molar refractivity (Wildman–Crippen MR) is 81.9 cm³/mol. The minimum absolute atomic E-state index is 0.0308. The largest absolute Gasteiger partial charge is 0.444 e. The van der Waals surface area contributed by atoms with Crippen LogP contribution in [-0.4, -0.2) is 16.4 Å². The Morgan fingerprint density at radius 2 is 2.30 bits per heavy atom. The molecule has 1 atom stereocenters. The number of aromatic nitrogens is 1. The molecule has 0 radical (unpaired) electrons. The number of oxazole rings is 1. The molecule has 1 fully saturated rings. The first-order valence-corrected chi connectivity index (χ1v) is 8.19. The fraction of sp³-hybridized carbons (Fsp3) is 0.562. The summed E-state index contributed by atoms with van der Waals surface area (Å²) in [6.07, 6.45) is 4.38. The van der Waals surface area contributed by atoms with Crippen LogP contribution in [0.25, 0.3) is 0 Å². The minimum atomic E-state index is 0.0308. The summed E-state index contributed by atoms with van der Waals surface area (Å²) in [5.41, 5.74) is 1.47. The Hall–Kier alpha value is -1.13. The molecule has 0 aliphatic carbocycles. The normalized spacial score (nSPS) is 20.6. The van der Waals surface area contributed by atoms with Crippen LogP contribution in [-0.2, 0) is 12.0 Å². The lowest BCUT2D eigenvalue weighted by molar-refractivity contribution is 0.218. The first-order valence-electron chi connectivity index (χ1n) is 7.25. The molecule has 0 N–H and O–H groups in total. The molecule has 3 nitrogen and oxygen atoms in total. The fourth-order valence-corrected chi connectivity index (χ4v) is 3.47. The Kier molecular flexibility index (Phi) is 3.69. The third-order valence-electron chi connectivity index (χ3n) is 3.92. The highest BCUT2D eigenvalue weighted by Crippen LogP contribution is 2.34. The van der Waals surface area contributed by atoms with Gasteiger partial charge in [0.25, 0.3) is 0 Å². The standard InChI is InChI=1S/C16H22N2OS/c1-16(2,3)14-9-17-15(19-14)10-18-7-4-5-13(18)12-6-8-20-11-12/h6,8-9,11,13H,4-5,7,10H2,1-3H3/t13-/m1/s1. The number of likely N-dealkylation sites (tertiary alicyclic amines) is 1. The van der Waals surface area contributed by atoms with Crippen molar-refractivity contribution in [2.45, 2.75) is 51.6 Å². The number of nitrogens with zero attached hydrogens (tertiary/aromatic N) is 2. The highest BCUT2D eigenvalue weighted by molar-refractivity contribution is 7.07. The van der Waals surface area contributed by atoms with E-state index >= 15 is 0 Å². The van der Waals surface area contributed by atoms with E-state index < -0.39 is 0 Å². The summed E-state index contributed by atoms with van der Waals surface area (Å²) in [4.78, 5) is 6.94. The maximum atomic E-state index is 5.93. The molecule has 1 saturated heterocycles. The predicted octanol–water partition coefficient (Wildman–Crippen LogP) is 4.37. The van der Waals surface area contributed by atoms with E-state index in [1.165, 1.54) is 18.4 Å². The van der Waals surface area contributed by atoms with Crippen molar-refractivity contribution in [3.63, 3.8) is 0 Å². The second-order valence-electron chi connectivity index (χ2n) is 6.55. The molecule has 0 saturated carbocycles. The summed E-state index contributed by atoms with van der Waals surface area (Å²) in [6, 6.07) is 2.77. The van der Waals surface area contributed by atoms with Crippen LogP contribution in [0.1, 0.15) is 56.9 Å². The summed E-state index contributed by atoms with van der Waals surface area (Å²) < 4.78 is 5.93. The van der Waals surface area contributed by atoms with Crippen molar-refractivity contribution in [1.82, 2.24) is 9.88 Å². The van der Waals surface area contributed by atoms with Gasteiger partial charge in [0.1, 0.15) is 5.76 Å². The van der Waals surface area contributed by atoms with E-state index in [2.05, 4.69) is 47.5 Å². The minimum Gasteiger partial charge on any atom is -0.444 e. The fourth-order valence-electron chi connectivity index (χ4n) is 2.76. The second-order valence-corrected chi connectivity index (χ2v) is 7.33. The Labute approximate surface area is 124 Å². The highest BCUT2D eigenvalue weighted by Gasteiger charge is 2.28. The molecule has 108 valence electrons. The molecule has 0 aromatic carbocycles. The van der Waals surface area contributed by atoms with Gasteiger partial charge in [-0.2, -0.15) is 11.3 Å². The van der Waals surface area contributed by atoms with Gasteiger partial charge in [-0.3, -0.25) is 4.90 Å². The van der Waals surface area contributed by atoms with Crippen LogP contribution >= 0.6 is 11.3 Å². The molecule has 1 aliphatic heterocycles. The third kappa shape index (κ3) is 2.81. The van der Waals surface area contributed by atoms with Gasteiger partial charge in [-0.25, -0.2) is 4.98 Å². The van der Waals surface area contributed by atoms with Gasteiger partial charge >= 0.3 is 0 Å². The lowest BCUT2D eigenvalue weighted by Gasteiger charge is -2.22. The molecule has 2 aromatic heterocycles. The topological polar surface area (TPSA) is 29.3 Å². The Morgan fingerprint density at radius 3 is 2.95 bits per heavy atom. The van der Waals surface area contributed by atoms with Gasteiger partial charge in [0.15, 0.2) is 0 Å². The van der Waals surface area contributed by atoms with Crippen molar-refractivity contribution in [1.29, 1.82) is 0 Å². The second kappa shape index (κ2) is 5.34. The van der Waals surface area contributed by atoms with Gasteiger partial charge < -0.3 is 4.42 Å². The monoisotopic (exact) mass is 290 g/mol. The van der Waals surface area contributed by atoms with Crippen molar-refractivity contribution in [3.8, 4) is 0 Å². The molecule has 0 unspecified atom stereocenters. The molecule has 3 heterocycles. The first kappa shape index (κ1) is 13.8. The average Bonchev–Trinajstić information content (AvgIpc) is 3.08. The van der Waals surface area contributed by atoms with E-state index in [0.29, 0.717) is 6.04 Å². The molecular weight excluding hydrogens is 268 g/mol. The quantitative estimate of drug-likeness (QED) is 0.840. The summed E-state index contributed by atoms with van der Waals surface area (Å²) in [5.74, 6) is 1.82. The molecule has 20 heavy (non-hydrogen) atoms. The van der Waals surface area contributed by atoms with Crippen LogP contribution in [0.5, 0.6) is 0 Å². The molecule has 0 amide bonds. The number of rotatable bonds is 3. The van der Waals surface area contributed by atoms with Crippen molar-refractivity contribution in [3.05, 3.63) is 40.2 Å². The van der Waals surface area contributed by atoms with Gasteiger partial charge in [0, 0.05) is 11.5 Å². The summed E-state index contributed by atoms with van der Waals surface area (Å²) in [7, 11) is 0. The zero-order valence-electron chi connectivity index (χ0n) is 12.4. The summed E-state index contributed by atoms with van der Waals surface area (Å²) >= 11 is 1.78. The van der Waals surface area contributed by atoms with E-state index in [4.69, 9.17) is 4.42 Å². The lowest BCUT2D eigenvalue weighted by atomic mass is 9.94. The Morgan fingerprint density at radius 1 is 1.45 bits per heavy atom. The SMILES string of the molecule is CC(C)(C)c1cnc(CN2CCC[C@@H]2c2ccsc2)o1. The molecule has 0 bridgehead atoms. The highest BCUT2D eigenvalue weighted by atomic mass is 32.1. The van der Waals surface area contributed by atoms with Gasteiger partial charge in [-0.05, 0) is 41.8 Å². The van der Waals surface area contributed by atoms with Crippen LogP contribution in [0.4, 0.5) is 0 Å². The van der Waals surface area contributed by atoms with E-state index in [1.54, 1.807) is 11.3 Å². The molecular formula is C16H22N2OS.